The van der Waals surface area contributed by atoms with Crippen LogP contribution in [0.3, 0.4) is 0 Å². The summed E-state index contributed by atoms with van der Waals surface area (Å²) in [6, 6.07) is 0. The van der Waals surface area contributed by atoms with Gasteiger partial charge in [-0.15, -0.1) is 0 Å². The van der Waals surface area contributed by atoms with E-state index in [1.165, 1.54) is 0 Å². The number of nitrogens with zero attached hydrogens (tertiary/aromatic N) is 1. The van der Waals surface area contributed by atoms with E-state index in [9.17, 15) is 0 Å². The minimum atomic E-state index is -0.727. The summed E-state index contributed by atoms with van der Waals surface area (Å²) in [6.45, 7) is 21.0. The molecule has 0 saturated heterocycles. The molecular formula is C12H27NSY. The summed E-state index contributed by atoms with van der Waals surface area (Å²) in [5, 5.41) is 0. The predicted molar refractivity (Wildman–Crippen MR) is 68.7 cm³/mol. The fraction of sp³-hybridized carbons (Fsp3) is 1.00. The van der Waals surface area contributed by atoms with E-state index in [1.54, 1.807) is 0 Å². The van der Waals surface area contributed by atoms with Crippen LogP contribution < -0.4 is 0 Å². The average Bonchev–Trinajstić information content (AvgIpc) is 1.75. The molecule has 0 fully saturated rings. The molecule has 0 aromatic rings. The van der Waals surface area contributed by atoms with Gasteiger partial charge in [0.15, 0.2) is 0 Å². The fourth-order valence-electron chi connectivity index (χ4n) is 1.53. The van der Waals surface area contributed by atoms with E-state index in [1.807, 2.05) is 0 Å². The van der Waals surface area contributed by atoms with Crippen molar-refractivity contribution < 1.29 is 27.9 Å². The van der Waals surface area contributed by atoms with E-state index in [0.717, 1.165) is 0 Å². The van der Waals surface area contributed by atoms with E-state index in [-0.39, 0.29) is 0 Å². The first-order valence-corrected chi connectivity index (χ1v) is 11.3. The van der Waals surface area contributed by atoms with E-state index < -0.39 is 27.9 Å². The third-order valence-corrected chi connectivity index (χ3v) is 14.3. The summed E-state index contributed by atoms with van der Waals surface area (Å²) < 4.78 is 3.18. The van der Waals surface area contributed by atoms with Crippen molar-refractivity contribution in [2.45, 2.75) is 78.1 Å². The van der Waals surface area contributed by atoms with Crippen molar-refractivity contribution >= 4 is 7.28 Å². The second-order valence-corrected chi connectivity index (χ2v) is 13.3. The molecule has 0 radical (unpaired) electrons. The molecule has 0 rings (SSSR count). The standard InChI is InChI=1S/C8H18N.C4H10S.Y/c1-7(2,3)9-8(4,5)6;1-4(2,3)5;/h1-6H3;5H,1-3H3;/q-1;;+2/p-1. The molecular weight excluding hydrogens is 279 g/mol. The molecule has 1 nitrogen and oxygen atoms in total. The summed E-state index contributed by atoms with van der Waals surface area (Å²) in [5.41, 5.74) is 0.634. The number of hydrogen-bond donors (Lipinski definition) is 0. The molecule has 0 aromatic carbocycles. The van der Waals surface area contributed by atoms with E-state index in [4.69, 9.17) is 0 Å². The van der Waals surface area contributed by atoms with Crippen LogP contribution in [-0.2, 0) is 27.9 Å². The van der Waals surface area contributed by atoms with Crippen molar-refractivity contribution in [3.8, 4) is 0 Å². The van der Waals surface area contributed by atoms with Crippen molar-refractivity contribution in [1.29, 1.82) is 0 Å². The van der Waals surface area contributed by atoms with E-state index in [2.05, 4.69) is 71.6 Å². The van der Waals surface area contributed by atoms with Gasteiger partial charge in [0.2, 0.25) is 0 Å². The normalized spacial score (nSPS) is 14.3. The van der Waals surface area contributed by atoms with E-state index in [0.29, 0.717) is 15.8 Å². The van der Waals surface area contributed by atoms with Gasteiger partial charge in [-0.2, -0.15) is 0 Å². The van der Waals surface area contributed by atoms with Crippen LogP contribution in [0, 0.1) is 0 Å². The van der Waals surface area contributed by atoms with Crippen molar-refractivity contribution in [2.75, 3.05) is 0 Å². The Bertz CT molecular complexity index is 181. The zero-order chi connectivity index (χ0) is 12.5. The Morgan fingerprint density at radius 1 is 0.733 bits per heavy atom. The molecule has 0 amide bonds. The van der Waals surface area contributed by atoms with Gasteiger partial charge in [0, 0.05) is 0 Å². The van der Waals surface area contributed by atoms with Crippen LogP contribution in [0.15, 0.2) is 0 Å². The second-order valence-electron chi connectivity index (χ2n) is 7.05. The van der Waals surface area contributed by atoms with Gasteiger partial charge in [-0.05, 0) is 0 Å². The Balaban J connectivity index is 4.56. The van der Waals surface area contributed by atoms with Crippen LogP contribution in [0.25, 0.3) is 0 Å². The maximum atomic E-state index is 2.76. The first kappa shape index (κ1) is 16.4. The molecule has 89 valence electrons. The quantitative estimate of drug-likeness (QED) is 0.747. The monoisotopic (exact) mass is 306 g/mol. The van der Waals surface area contributed by atoms with Gasteiger partial charge in [0.1, 0.15) is 0 Å². The molecule has 0 bridgehead atoms. The summed E-state index contributed by atoms with van der Waals surface area (Å²) in [5.74, 6) is 0. The van der Waals surface area contributed by atoms with E-state index >= 15 is 0 Å². The Morgan fingerprint density at radius 2 is 1.07 bits per heavy atom. The Hall–Kier alpha value is 1.41. The van der Waals surface area contributed by atoms with Gasteiger partial charge < -0.3 is 0 Å². The molecule has 0 aliphatic rings. The average molecular weight is 306 g/mol. The van der Waals surface area contributed by atoms with Gasteiger partial charge in [-0.1, -0.05) is 0 Å². The molecule has 0 saturated carbocycles. The zero-order valence-electron chi connectivity index (χ0n) is 11.9. The van der Waals surface area contributed by atoms with Crippen LogP contribution >= 0.6 is 7.28 Å². The zero-order valence-corrected chi connectivity index (χ0v) is 15.6. The minimum absolute atomic E-state index is 0.317. The maximum absolute atomic E-state index is 2.76. The third kappa shape index (κ3) is 7.36. The van der Waals surface area contributed by atoms with Crippen molar-refractivity contribution in [3.63, 3.8) is 0 Å². The van der Waals surface area contributed by atoms with Gasteiger partial charge in [-0.25, -0.2) is 0 Å². The van der Waals surface area contributed by atoms with Crippen LogP contribution in [0.5, 0.6) is 0 Å². The fourth-order valence-corrected chi connectivity index (χ4v) is 10.4. The van der Waals surface area contributed by atoms with Crippen molar-refractivity contribution in [1.82, 2.24) is 2.03 Å². The molecule has 0 aliphatic carbocycles. The Labute approximate surface area is 114 Å². The summed E-state index contributed by atoms with van der Waals surface area (Å²) in [6.07, 6.45) is 0. The first-order chi connectivity index (χ1) is 6.34. The second kappa shape index (κ2) is 5.37. The molecule has 0 unspecified atom stereocenters. The molecule has 0 N–H and O–H groups in total. The summed E-state index contributed by atoms with van der Waals surface area (Å²) in [4.78, 5) is 0. The van der Waals surface area contributed by atoms with Gasteiger partial charge in [0.05, 0.1) is 0 Å². The Morgan fingerprint density at radius 3 is 1.27 bits per heavy atom. The number of rotatable bonds is 2. The molecule has 0 atom stereocenters. The SMILES string of the molecule is CC(C)(C)[S][Y][N](C(C)(C)C)C(C)(C)C. The van der Waals surface area contributed by atoms with Crippen LogP contribution in [0.2, 0.25) is 0 Å². The van der Waals surface area contributed by atoms with Crippen LogP contribution in [0.4, 0.5) is 0 Å². The Kier molecular flexibility index (Phi) is 5.88. The van der Waals surface area contributed by atoms with Crippen LogP contribution in [-0.4, -0.2) is 17.9 Å². The predicted octanol–water partition coefficient (Wildman–Crippen LogP) is 4.33. The van der Waals surface area contributed by atoms with Gasteiger partial charge >= 0.3 is 115 Å². The molecule has 0 spiro atoms. The first-order valence-electron chi connectivity index (χ1n) is 5.65. The summed E-state index contributed by atoms with van der Waals surface area (Å²) >= 11 is -0.727. The van der Waals surface area contributed by atoms with Crippen molar-refractivity contribution in [3.05, 3.63) is 0 Å². The number of hydrogen-bond acceptors (Lipinski definition) is 2. The molecule has 0 aromatic heterocycles. The molecule has 0 heterocycles. The van der Waals surface area contributed by atoms with Gasteiger partial charge in [-0.3, -0.25) is 0 Å². The molecule has 3 heteroatoms. The molecule has 0 aliphatic heterocycles. The van der Waals surface area contributed by atoms with Crippen molar-refractivity contribution in [2.24, 2.45) is 0 Å². The van der Waals surface area contributed by atoms with Crippen LogP contribution in [0.1, 0.15) is 62.3 Å². The topological polar surface area (TPSA) is 3.24 Å². The molecule has 15 heavy (non-hydrogen) atoms. The third-order valence-electron chi connectivity index (χ3n) is 1.96. The summed E-state index contributed by atoms with van der Waals surface area (Å²) in [7, 11) is 2.21. The van der Waals surface area contributed by atoms with Gasteiger partial charge in [0.25, 0.3) is 0 Å².